The van der Waals surface area contributed by atoms with Crippen LogP contribution in [0.4, 0.5) is 5.69 Å². The summed E-state index contributed by atoms with van der Waals surface area (Å²) in [4.78, 5) is 24.5. The van der Waals surface area contributed by atoms with Crippen LogP contribution in [0.3, 0.4) is 0 Å². The van der Waals surface area contributed by atoms with Gasteiger partial charge in [0, 0.05) is 23.4 Å². The molecule has 0 atom stereocenters. The maximum atomic E-state index is 12.5. The SMILES string of the molecule is CCCCCCOc1ccc(C(=O)NC(=S)Nc2cccc(C(=O)NCC)c2)cc1Br. The van der Waals surface area contributed by atoms with Crippen molar-refractivity contribution >= 4 is 50.8 Å². The van der Waals surface area contributed by atoms with Gasteiger partial charge in [-0.2, -0.15) is 0 Å². The fourth-order valence-electron chi connectivity index (χ4n) is 2.81. The van der Waals surface area contributed by atoms with Gasteiger partial charge in [0.25, 0.3) is 11.8 Å². The number of carbonyl (C=O) groups excluding carboxylic acids is 2. The minimum atomic E-state index is -0.340. The molecule has 0 radical (unpaired) electrons. The summed E-state index contributed by atoms with van der Waals surface area (Å²) in [7, 11) is 0. The molecule has 2 amide bonds. The van der Waals surface area contributed by atoms with Crippen LogP contribution in [0.2, 0.25) is 0 Å². The molecule has 0 bridgehead atoms. The van der Waals surface area contributed by atoms with E-state index in [9.17, 15) is 9.59 Å². The lowest BCUT2D eigenvalue weighted by Crippen LogP contribution is -2.34. The number of rotatable bonds is 10. The molecule has 0 heterocycles. The second-order valence-electron chi connectivity index (χ2n) is 6.90. The van der Waals surface area contributed by atoms with Crippen molar-refractivity contribution in [3.8, 4) is 5.75 Å². The Kier molecular flexibility index (Phi) is 10.5. The summed E-state index contributed by atoms with van der Waals surface area (Å²) in [5, 5.41) is 8.47. The van der Waals surface area contributed by atoms with E-state index in [1.165, 1.54) is 12.8 Å². The Labute approximate surface area is 197 Å². The largest absolute Gasteiger partial charge is 0.492 e. The molecule has 3 N–H and O–H groups in total. The van der Waals surface area contributed by atoms with Crippen molar-refractivity contribution in [3.63, 3.8) is 0 Å². The van der Waals surface area contributed by atoms with E-state index in [1.807, 2.05) is 6.92 Å². The lowest BCUT2D eigenvalue weighted by atomic mass is 10.2. The van der Waals surface area contributed by atoms with Gasteiger partial charge in [0.1, 0.15) is 5.75 Å². The number of thiocarbonyl (C=S) groups is 1. The summed E-state index contributed by atoms with van der Waals surface area (Å²) in [6, 6.07) is 12.1. The highest BCUT2D eigenvalue weighted by atomic mass is 79.9. The summed E-state index contributed by atoms with van der Waals surface area (Å²) in [6.07, 6.45) is 4.53. The molecule has 0 spiro atoms. The summed E-state index contributed by atoms with van der Waals surface area (Å²) < 4.78 is 6.49. The molecule has 31 heavy (non-hydrogen) atoms. The Balaban J connectivity index is 1.91. The number of hydrogen-bond donors (Lipinski definition) is 3. The fraction of sp³-hybridized carbons (Fsp3) is 0.348. The Hall–Kier alpha value is -2.45. The topological polar surface area (TPSA) is 79.5 Å². The molecule has 2 aromatic carbocycles. The predicted molar refractivity (Wildman–Crippen MR) is 132 cm³/mol. The van der Waals surface area contributed by atoms with Crippen LogP contribution in [0.5, 0.6) is 5.75 Å². The van der Waals surface area contributed by atoms with Gasteiger partial charge in [-0.1, -0.05) is 32.3 Å². The third-order valence-corrected chi connectivity index (χ3v) is 5.22. The molecule has 8 heteroatoms. The van der Waals surface area contributed by atoms with Crippen LogP contribution in [0.1, 0.15) is 60.2 Å². The number of benzene rings is 2. The highest BCUT2D eigenvalue weighted by Gasteiger charge is 2.12. The van der Waals surface area contributed by atoms with E-state index in [0.717, 1.165) is 12.8 Å². The second kappa shape index (κ2) is 13.1. The van der Waals surface area contributed by atoms with Crippen molar-refractivity contribution < 1.29 is 14.3 Å². The molecule has 2 rings (SSSR count). The summed E-state index contributed by atoms with van der Waals surface area (Å²) >= 11 is 8.70. The van der Waals surface area contributed by atoms with Crippen LogP contribution in [-0.2, 0) is 0 Å². The second-order valence-corrected chi connectivity index (χ2v) is 8.17. The summed E-state index contributed by atoms with van der Waals surface area (Å²) in [6.45, 7) is 5.22. The molecule has 0 saturated carbocycles. The third-order valence-electron chi connectivity index (χ3n) is 4.40. The van der Waals surface area contributed by atoms with E-state index in [-0.39, 0.29) is 16.9 Å². The van der Waals surface area contributed by atoms with Crippen molar-refractivity contribution in [2.45, 2.75) is 39.5 Å². The number of carbonyl (C=O) groups is 2. The number of nitrogens with one attached hydrogen (secondary N) is 3. The molecule has 0 saturated heterocycles. The van der Waals surface area contributed by atoms with E-state index in [0.29, 0.717) is 40.2 Å². The summed E-state index contributed by atoms with van der Waals surface area (Å²) in [5.41, 5.74) is 1.57. The van der Waals surface area contributed by atoms with Crippen molar-refractivity contribution in [2.24, 2.45) is 0 Å². The minimum Gasteiger partial charge on any atom is -0.492 e. The van der Waals surface area contributed by atoms with Gasteiger partial charge in [0.15, 0.2) is 5.11 Å². The molecule has 0 aromatic heterocycles. The lowest BCUT2D eigenvalue weighted by Gasteiger charge is -2.12. The molecular formula is C23H28BrN3O3S. The monoisotopic (exact) mass is 505 g/mol. The molecule has 0 fully saturated rings. The Morgan fingerprint density at radius 1 is 1.00 bits per heavy atom. The van der Waals surface area contributed by atoms with Gasteiger partial charge in [-0.25, -0.2) is 0 Å². The van der Waals surface area contributed by atoms with Crippen molar-refractivity contribution in [1.29, 1.82) is 0 Å². The first-order valence-corrected chi connectivity index (χ1v) is 11.6. The van der Waals surface area contributed by atoms with Crippen molar-refractivity contribution in [1.82, 2.24) is 10.6 Å². The Bertz CT molecular complexity index is 921. The first kappa shape index (κ1) is 24.8. The van der Waals surface area contributed by atoms with Crippen LogP contribution in [0.25, 0.3) is 0 Å². The highest BCUT2D eigenvalue weighted by Crippen LogP contribution is 2.26. The Morgan fingerprint density at radius 2 is 1.77 bits per heavy atom. The molecule has 2 aromatic rings. The zero-order chi connectivity index (χ0) is 22.6. The van der Waals surface area contributed by atoms with E-state index in [1.54, 1.807) is 42.5 Å². The van der Waals surface area contributed by atoms with E-state index < -0.39 is 0 Å². The Morgan fingerprint density at radius 3 is 2.48 bits per heavy atom. The zero-order valence-corrected chi connectivity index (χ0v) is 20.2. The number of ether oxygens (including phenoxy) is 1. The first-order chi connectivity index (χ1) is 14.9. The first-order valence-electron chi connectivity index (χ1n) is 10.4. The number of anilines is 1. The van der Waals surface area contributed by atoms with Crippen molar-refractivity contribution in [3.05, 3.63) is 58.1 Å². The van der Waals surface area contributed by atoms with Crippen molar-refractivity contribution in [2.75, 3.05) is 18.5 Å². The van der Waals surface area contributed by atoms with Crippen LogP contribution < -0.4 is 20.7 Å². The van der Waals surface area contributed by atoms with E-state index in [4.69, 9.17) is 17.0 Å². The lowest BCUT2D eigenvalue weighted by molar-refractivity contribution is 0.0953. The van der Waals surface area contributed by atoms with Crippen LogP contribution in [0, 0.1) is 0 Å². The van der Waals surface area contributed by atoms with Gasteiger partial charge in [-0.15, -0.1) is 0 Å². The molecule has 0 aliphatic carbocycles. The maximum absolute atomic E-state index is 12.5. The van der Waals surface area contributed by atoms with Gasteiger partial charge < -0.3 is 15.4 Å². The predicted octanol–water partition coefficient (Wildman–Crippen LogP) is 5.28. The third kappa shape index (κ3) is 8.30. The smallest absolute Gasteiger partial charge is 0.257 e. The summed E-state index contributed by atoms with van der Waals surface area (Å²) in [5.74, 6) is 0.196. The zero-order valence-electron chi connectivity index (χ0n) is 17.8. The molecule has 166 valence electrons. The van der Waals surface area contributed by atoms with E-state index >= 15 is 0 Å². The van der Waals surface area contributed by atoms with Gasteiger partial charge in [0.05, 0.1) is 11.1 Å². The molecule has 0 aliphatic rings. The number of hydrogen-bond acceptors (Lipinski definition) is 4. The van der Waals surface area contributed by atoms with E-state index in [2.05, 4.69) is 38.8 Å². The fourth-order valence-corrected chi connectivity index (χ4v) is 3.51. The number of halogens is 1. The van der Waals surface area contributed by atoms with Gasteiger partial charge in [-0.05, 0) is 77.9 Å². The average molecular weight is 506 g/mol. The maximum Gasteiger partial charge on any atom is 0.257 e. The molecular weight excluding hydrogens is 478 g/mol. The highest BCUT2D eigenvalue weighted by molar-refractivity contribution is 9.10. The average Bonchev–Trinajstić information content (AvgIpc) is 2.74. The number of unbranched alkanes of at least 4 members (excludes halogenated alkanes) is 3. The van der Waals surface area contributed by atoms with Crippen LogP contribution in [-0.4, -0.2) is 30.1 Å². The number of amides is 2. The molecule has 6 nitrogen and oxygen atoms in total. The van der Waals surface area contributed by atoms with Gasteiger partial charge >= 0.3 is 0 Å². The van der Waals surface area contributed by atoms with Crippen LogP contribution in [0.15, 0.2) is 46.9 Å². The molecule has 0 unspecified atom stereocenters. The standard InChI is InChI=1S/C23H28BrN3O3S/c1-3-5-6-7-13-30-20-12-11-17(15-19(20)24)22(29)27-23(31)26-18-10-8-9-16(14-18)21(28)25-4-2/h8-12,14-15H,3-7,13H2,1-2H3,(H,25,28)(H2,26,27,29,31). The van der Waals surface area contributed by atoms with Crippen LogP contribution >= 0.6 is 28.1 Å². The van der Waals surface area contributed by atoms with Gasteiger partial charge in [0.2, 0.25) is 0 Å². The normalized spacial score (nSPS) is 10.3. The van der Waals surface area contributed by atoms with Gasteiger partial charge in [-0.3, -0.25) is 14.9 Å². The minimum absolute atomic E-state index is 0.144. The quantitative estimate of drug-likeness (QED) is 0.302. The molecule has 0 aliphatic heterocycles.